The van der Waals surface area contributed by atoms with Crippen LogP contribution in [0.5, 0.6) is 11.5 Å². The average molecular weight is 237 g/mol. The number of benzene rings is 1. The number of hydrogen-bond donors (Lipinski definition) is 1. The van der Waals surface area contributed by atoms with Crippen molar-refractivity contribution in [3.63, 3.8) is 0 Å². The van der Waals surface area contributed by atoms with E-state index in [0.717, 1.165) is 6.29 Å². The first kappa shape index (κ1) is 13.0. The van der Waals surface area contributed by atoms with Crippen LogP contribution in [-0.2, 0) is 9.59 Å². The highest BCUT2D eigenvalue weighted by atomic mass is 16.5. The topological polar surface area (TPSA) is 64.6 Å². The zero-order chi connectivity index (χ0) is 12.5. The predicted octanol–water partition coefficient (Wildman–Crippen LogP) is 0.779. The molecule has 0 heterocycles. The van der Waals surface area contributed by atoms with Crippen LogP contribution in [0.25, 0.3) is 0 Å². The number of carbonyl (C=O) groups excluding carboxylic acids is 2. The van der Waals surface area contributed by atoms with Gasteiger partial charge in [0.15, 0.2) is 18.1 Å². The molecule has 0 aliphatic heterocycles. The van der Waals surface area contributed by atoms with Crippen LogP contribution in [0.2, 0.25) is 0 Å². The fraction of sp³-hybridized carbons (Fsp3) is 0.333. The molecular formula is C12H15NO4. The van der Waals surface area contributed by atoms with Gasteiger partial charge in [0.2, 0.25) is 0 Å². The molecule has 0 saturated heterocycles. The van der Waals surface area contributed by atoms with Gasteiger partial charge in [-0.3, -0.25) is 4.79 Å². The molecule has 0 aliphatic carbocycles. The molecule has 1 aromatic carbocycles. The van der Waals surface area contributed by atoms with Crippen molar-refractivity contribution in [1.82, 2.24) is 5.32 Å². The SMILES string of the molecule is COc1ccccc1OCC(=O)NCCC=O. The van der Waals surface area contributed by atoms with Crippen molar-refractivity contribution in [2.45, 2.75) is 6.42 Å². The summed E-state index contributed by atoms with van der Waals surface area (Å²) in [7, 11) is 1.53. The van der Waals surface area contributed by atoms with Crippen molar-refractivity contribution in [2.75, 3.05) is 20.3 Å². The Morgan fingerprint density at radius 2 is 2.06 bits per heavy atom. The van der Waals surface area contributed by atoms with Crippen LogP contribution in [0.4, 0.5) is 0 Å². The Kier molecular flexibility index (Phi) is 5.57. The normalized spacial score (nSPS) is 9.47. The average Bonchev–Trinajstić information content (AvgIpc) is 2.37. The minimum absolute atomic E-state index is 0.0980. The van der Waals surface area contributed by atoms with E-state index in [1.54, 1.807) is 18.2 Å². The Morgan fingerprint density at radius 1 is 1.35 bits per heavy atom. The molecule has 0 aromatic heterocycles. The highest BCUT2D eigenvalue weighted by Crippen LogP contribution is 2.25. The number of aldehydes is 1. The summed E-state index contributed by atoms with van der Waals surface area (Å²) in [6.07, 6.45) is 1.06. The smallest absolute Gasteiger partial charge is 0.257 e. The molecule has 0 radical (unpaired) electrons. The first-order valence-corrected chi connectivity index (χ1v) is 5.24. The number of ether oxygens (including phenoxy) is 2. The molecule has 1 aromatic rings. The van der Waals surface area contributed by atoms with E-state index in [-0.39, 0.29) is 12.5 Å². The maximum absolute atomic E-state index is 11.3. The van der Waals surface area contributed by atoms with E-state index in [1.165, 1.54) is 7.11 Å². The summed E-state index contributed by atoms with van der Waals surface area (Å²) >= 11 is 0. The summed E-state index contributed by atoms with van der Waals surface area (Å²) in [5.74, 6) is 0.825. The summed E-state index contributed by atoms with van der Waals surface area (Å²) < 4.78 is 10.4. The molecule has 1 amide bonds. The van der Waals surface area contributed by atoms with Crippen molar-refractivity contribution < 1.29 is 19.1 Å². The number of nitrogens with one attached hydrogen (secondary N) is 1. The Bertz CT molecular complexity index is 379. The van der Waals surface area contributed by atoms with Crippen molar-refractivity contribution in [1.29, 1.82) is 0 Å². The van der Waals surface area contributed by atoms with Crippen molar-refractivity contribution in [3.05, 3.63) is 24.3 Å². The molecular weight excluding hydrogens is 222 g/mol. The van der Waals surface area contributed by atoms with Crippen molar-refractivity contribution in [3.8, 4) is 11.5 Å². The maximum Gasteiger partial charge on any atom is 0.257 e. The molecule has 0 bridgehead atoms. The molecule has 0 aliphatic rings. The Balaban J connectivity index is 2.39. The monoisotopic (exact) mass is 237 g/mol. The highest BCUT2D eigenvalue weighted by molar-refractivity contribution is 5.77. The van der Waals surface area contributed by atoms with Gasteiger partial charge in [-0.05, 0) is 12.1 Å². The molecule has 5 nitrogen and oxygen atoms in total. The Morgan fingerprint density at radius 3 is 2.71 bits per heavy atom. The van der Waals surface area contributed by atoms with Gasteiger partial charge in [-0.25, -0.2) is 0 Å². The van der Waals surface area contributed by atoms with Gasteiger partial charge in [0.05, 0.1) is 7.11 Å². The molecule has 17 heavy (non-hydrogen) atoms. The van der Waals surface area contributed by atoms with E-state index in [2.05, 4.69) is 5.32 Å². The molecule has 0 spiro atoms. The first-order valence-electron chi connectivity index (χ1n) is 5.24. The molecule has 0 saturated carbocycles. The van der Waals surface area contributed by atoms with Gasteiger partial charge < -0.3 is 19.6 Å². The van der Waals surface area contributed by atoms with Crippen molar-refractivity contribution in [2.24, 2.45) is 0 Å². The van der Waals surface area contributed by atoms with Crippen LogP contribution in [-0.4, -0.2) is 32.5 Å². The van der Waals surface area contributed by atoms with Crippen LogP contribution in [0.3, 0.4) is 0 Å². The fourth-order valence-corrected chi connectivity index (χ4v) is 1.20. The molecule has 0 unspecified atom stereocenters. The van der Waals surface area contributed by atoms with E-state index in [1.807, 2.05) is 6.07 Å². The quantitative estimate of drug-likeness (QED) is 0.562. The minimum atomic E-state index is -0.266. The van der Waals surface area contributed by atoms with Gasteiger partial charge in [0.1, 0.15) is 6.29 Å². The third-order valence-corrected chi connectivity index (χ3v) is 2.01. The summed E-state index contributed by atoms with van der Waals surface area (Å²) in [6, 6.07) is 7.08. The molecule has 0 fully saturated rings. The largest absolute Gasteiger partial charge is 0.493 e. The number of carbonyl (C=O) groups is 2. The second-order valence-corrected chi connectivity index (χ2v) is 3.24. The molecule has 5 heteroatoms. The van der Waals surface area contributed by atoms with E-state index >= 15 is 0 Å². The van der Waals surface area contributed by atoms with Crippen molar-refractivity contribution >= 4 is 12.2 Å². The zero-order valence-electron chi connectivity index (χ0n) is 9.64. The van der Waals surface area contributed by atoms with Crippen LogP contribution in [0.1, 0.15) is 6.42 Å². The molecule has 1 N–H and O–H groups in total. The van der Waals surface area contributed by atoms with Gasteiger partial charge in [-0.2, -0.15) is 0 Å². The van der Waals surface area contributed by atoms with E-state index in [9.17, 15) is 9.59 Å². The zero-order valence-corrected chi connectivity index (χ0v) is 9.64. The lowest BCUT2D eigenvalue weighted by Crippen LogP contribution is -2.29. The number of para-hydroxylation sites is 2. The third kappa shape index (κ3) is 4.55. The van der Waals surface area contributed by atoms with Gasteiger partial charge in [-0.15, -0.1) is 0 Å². The number of methoxy groups -OCH3 is 1. The fourth-order valence-electron chi connectivity index (χ4n) is 1.20. The van der Waals surface area contributed by atoms with E-state index < -0.39 is 0 Å². The van der Waals surface area contributed by atoms with Crippen LogP contribution in [0.15, 0.2) is 24.3 Å². The first-order chi connectivity index (χ1) is 8.27. The lowest BCUT2D eigenvalue weighted by atomic mass is 10.3. The molecule has 92 valence electrons. The van der Waals surface area contributed by atoms with Gasteiger partial charge >= 0.3 is 0 Å². The summed E-state index contributed by atoms with van der Waals surface area (Å²) in [4.78, 5) is 21.3. The van der Waals surface area contributed by atoms with E-state index in [0.29, 0.717) is 24.5 Å². The highest BCUT2D eigenvalue weighted by Gasteiger charge is 2.05. The van der Waals surface area contributed by atoms with Crippen LogP contribution in [0, 0.1) is 0 Å². The second-order valence-electron chi connectivity index (χ2n) is 3.24. The number of rotatable bonds is 7. The lowest BCUT2D eigenvalue weighted by Gasteiger charge is -2.09. The van der Waals surface area contributed by atoms with E-state index in [4.69, 9.17) is 9.47 Å². The summed E-state index contributed by atoms with van der Waals surface area (Å²) in [6.45, 7) is 0.233. The third-order valence-electron chi connectivity index (χ3n) is 2.01. The lowest BCUT2D eigenvalue weighted by molar-refractivity contribution is -0.123. The minimum Gasteiger partial charge on any atom is -0.493 e. The van der Waals surface area contributed by atoms with Crippen LogP contribution >= 0.6 is 0 Å². The molecule has 0 atom stereocenters. The molecule has 1 rings (SSSR count). The predicted molar refractivity (Wildman–Crippen MR) is 62.2 cm³/mol. The van der Waals surface area contributed by atoms with Gasteiger partial charge in [0, 0.05) is 13.0 Å². The number of hydrogen-bond acceptors (Lipinski definition) is 4. The van der Waals surface area contributed by atoms with Gasteiger partial charge in [-0.1, -0.05) is 12.1 Å². The second kappa shape index (κ2) is 7.27. The Hall–Kier alpha value is -2.04. The van der Waals surface area contributed by atoms with Gasteiger partial charge in [0.25, 0.3) is 5.91 Å². The summed E-state index contributed by atoms with van der Waals surface area (Å²) in [5.41, 5.74) is 0. The maximum atomic E-state index is 11.3. The number of amides is 1. The Labute approximate surface area is 99.7 Å². The van der Waals surface area contributed by atoms with Crippen LogP contribution < -0.4 is 14.8 Å². The standard InChI is InChI=1S/C12H15NO4/c1-16-10-5-2-3-6-11(10)17-9-12(15)13-7-4-8-14/h2-3,5-6,8H,4,7,9H2,1H3,(H,13,15). The summed E-state index contributed by atoms with van der Waals surface area (Å²) in [5, 5.41) is 2.56.